The predicted molar refractivity (Wildman–Crippen MR) is 57.2 cm³/mol. The number of halogens is 1. The molecule has 0 saturated carbocycles. The number of nitro benzene ring substituents is 1. The first-order chi connectivity index (χ1) is 7.47. The molecule has 1 amide bonds. The SMILES string of the molecule is COC(Cl)c1cc([N+](=O)[O-])ccc1C(N)=O. The van der Waals surface area contributed by atoms with Crippen molar-refractivity contribution in [1.29, 1.82) is 0 Å². The minimum atomic E-state index is -0.956. The highest BCUT2D eigenvalue weighted by atomic mass is 35.5. The first kappa shape index (κ1) is 12.4. The maximum absolute atomic E-state index is 11.1. The summed E-state index contributed by atoms with van der Waals surface area (Å²) in [7, 11) is 1.32. The van der Waals surface area contributed by atoms with Gasteiger partial charge in [0.25, 0.3) is 5.69 Å². The molecule has 0 radical (unpaired) electrons. The fraction of sp³-hybridized carbons (Fsp3) is 0.222. The largest absolute Gasteiger partial charge is 0.366 e. The number of nitro groups is 1. The lowest BCUT2D eigenvalue weighted by Gasteiger charge is -2.10. The summed E-state index contributed by atoms with van der Waals surface area (Å²) in [4.78, 5) is 21.0. The Morgan fingerprint density at radius 1 is 1.62 bits per heavy atom. The normalized spacial score (nSPS) is 12.1. The maximum atomic E-state index is 11.1. The Balaban J connectivity index is 3.32. The van der Waals surface area contributed by atoms with Crippen LogP contribution in [0.25, 0.3) is 0 Å². The Morgan fingerprint density at radius 3 is 2.69 bits per heavy atom. The molecule has 0 fully saturated rings. The van der Waals surface area contributed by atoms with E-state index < -0.39 is 16.4 Å². The Morgan fingerprint density at radius 2 is 2.25 bits per heavy atom. The van der Waals surface area contributed by atoms with Crippen molar-refractivity contribution in [2.24, 2.45) is 5.73 Å². The number of amides is 1. The van der Waals surface area contributed by atoms with Crippen molar-refractivity contribution in [3.63, 3.8) is 0 Å². The van der Waals surface area contributed by atoms with Crippen LogP contribution in [0.1, 0.15) is 21.5 Å². The summed E-state index contributed by atoms with van der Waals surface area (Å²) in [6, 6.07) is 3.61. The summed E-state index contributed by atoms with van der Waals surface area (Å²) >= 11 is 5.76. The molecule has 2 N–H and O–H groups in total. The zero-order chi connectivity index (χ0) is 12.3. The second-order valence-corrected chi connectivity index (χ2v) is 3.34. The lowest BCUT2D eigenvalue weighted by Crippen LogP contribution is -2.15. The van der Waals surface area contributed by atoms with Crippen LogP contribution in [0.15, 0.2) is 18.2 Å². The van der Waals surface area contributed by atoms with Gasteiger partial charge in [-0.2, -0.15) is 0 Å². The van der Waals surface area contributed by atoms with Gasteiger partial charge in [-0.1, -0.05) is 11.6 Å². The highest BCUT2D eigenvalue weighted by Gasteiger charge is 2.19. The minimum Gasteiger partial charge on any atom is -0.366 e. The van der Waals surface area contributed by atoms with E-state index in [2.05, 4.69) is 0 Å². The van der Waals surface area contributed by atoms with Crippen LogP contribution < -0.4 is 5.73 Å². The first-order valence-electron chi connectivity index (χ1n) is 4.22. The van der Waals surface area contributed by atoms with E-state index in [1.54, 1.807) is 0 Å². The van der Waals surface area contributed by atoms with E-state index in [1.807, 2.05) is 0 Å². The molecule has 1 aromatic rings. The second-order valence-electron chi connectivity index (χ2n) is 2.94. The topological polar surface area (TPSA) is 95.5 Å². The smallest absolute Gasteiger partial charge is 0.269 e. The lowest BCUT2D eigenvalue weighted by atomic mass is 10.1. The number of non-ortho nitro benzene ring substituents is 1. The average molecular weight is 245 g/mol. The van der Waals surface area contributed by atoms with E-state index in [9.17, 15) is 14.9 Å². The van der Waals surface area contributed by atoms with Crippen LogP contribution in [0.3, 0.4) is 0 Å². The van der Waals surface area contributed by atoms with Gasteiger partial charge in [0.15, 0.2) is 5.56 Å². The molecule has 0 aliphatic rings. The molecule has 0 bridgehead atoms. The third kappa shape index (κ3) is 2.47. The molecule has 0 spiro atoms. The monoisotopic (exact) mass is 244 g/mol. The van der Waals surface area contributed by atoms with Crippen LogP contribution in [-0.4, -0.2) is 17.9 Å². The Hall–Kier alpha value is -1.66. The first-order valence-corrected chi connectivity index (χ1v) is 4.66. The van der Waals surface area contributed by atoms with Crippen LogP contribution in [0.4, 0.5) is 5.69 Å². The molecule has 6 nitrogen and oxygen atoms in total. The molecule has 0 heterocycles. The highest BCUT2D eigenvalue weighted by molar-refractivity contribution is 6.20. The fourth-order valence-corrected chi connectivity index (χ4v) is 1.38. The number of methoxy groups -OCH3 is 1. The number of nitrogens with two attached hydrogens (primary N) is 1. The predicted octanol–water partition coefficient (Wildman–Crippen LogP) is 1.58. The van der Waals surface area contributed by atoms with Gasteiger partial charge in [-0.05, 0) is 6.07 Å². The third-order valence-electron chi connectivity index (χ3n) is 1.96. The molecule has 0 aromatic heterocycles. The second kappa shape index (κ2) is 4.91. The molecule has 16 heavy (non-hydrogen) atoms. The number of primary amides is 1. The number of hydrogen-bond donors (Lipinski definition) is 1. The van der Waals surface area contributed by atoms with Gasteiger partial charge in [-0.25, -0.2) is 0 Å². The number of hydrogen-bond acceptors (Lipinski definition) is 4. The van der Waals surface area contributed by atoms with E-state index in [0.29, 0.717) is 0 Å². The van der Waals surface area contributed by atoms with Crippen molar-refractivity contribution in [2.45, 2.75) is 5.56 Å². The fourth-order valence-electron chi connectivity index (χ4n) is 1.20. The van der Waals surface area contributed by atoms with Gasteiger partial charge in [0.2, 0.25) is 5.91 Å². The third-order valence-corrected chi connectivity index (χ3v) is 2.38. The summed E-state index contributed by atoms with van der Waals surface area (Å²) in [6.07, 6.45) is 0. The van der Waals surface area contributed by atoms with Crippen LogP contribution in [0, 0.1) is 10.1 Å². The van der Waals surface area contributed by atoms with E-state index in [4.69, 9.17) is 22.1 Å². The van der Waals surface area contributed by atoms with E-state index in [-0.39, 0.29) is 16.8 Å². The molecular weight excluding hydrogens is 236 g/mol. The number of alkyl halides is 1. The highest BCUT2D eigenvalue weighted by Crippen LogP contribution is 2.28. The van der Waals surface area contributed by atoms with Crippen molar-refractivity contribution in [3.8, 4) is 0 Å². The van der Waals surface area contributed by atoms with Crippen molar-refractivity contribution in [3.05, 3.63) is 39.4 Å². The van der Waals surface area contributed by atoms with Crippen LogP contribution in [-0.2, 0) is 4.74 Å². The zero-order valence-electron chi connectivity index (χ0n) is 8.34. The number of ether oxygens (including phenoxy) is 1. The Bertz CT molecular complexity index is 436. The lowest BCUT2D eigenvalue weighted by molar-refractivity contribution is -0.385. The molecule has 1 rings (SSSR count). The van der Waals surface area contributed by atoms with E-state index in [0.717, 1.165) is 0 Å². The summed E-state index contributed by atoms with van der Waals surface area (Å²) in [5.74, 6) is -0.715. The van der Waals surface area contributed by atoms with Gasteiger partial charge >= 0.3 is 0 Å². The number of carbonyl (C=O) groups is 1. The molecule has 7 heteroatoms. The van der Waals surface area contributed by atoms with Crippen molar-refractivity contribution in [2.75, 3.05) is 7.11 Å². The molecule has 0 saturated heterocycles. The Kier molecular flexibility index (Phi) is 3.81. The van der Waals surface area contributed by atoms with Crippen molar-refractivity contribution < 1.29 is 14.5 Å². The summed E-state index contributed by atoms with van der Waals surface area (Å²) in [6.45, 7) is 0. The molecular formula is C9H9ClN2O4. The zero-order valence-corrected chi connectivity index (χ0v) is 9.10. The molecule has 0 aliphatic carbocycles. The van der Waals surface area contributed by atoms with Crippen LogP contribution >= 0.6 is 11.6 Å². The van der Waals surface area contributed by atoms with Gasteiger partial charge in [0.1, 0.15) is 0 Å². The molecule has 86 valence electrons. The van der Waals surface area contributed by atoms with Crippen LogP contribution in [0.2, 0.25) is 0 Å². The quantitative estimate of drug-likeness (QED) is 0.494. The minimum absolute atomic E-state index is 0.104. The van der Waals surface area contributed by atoms with Crippen LogP contribution in [0.5, 0.6) is 0 Å². The maximum Gasteiger partial charge on any atom is 0.269 e. The molecule has 0 aliphatic heterocycles. The van der Waals surface area contributed by atoms with E-state index >= 15 is 0 Å². The van der Waals surface area contributed by atoms with Crippen molar-refractivity contribution >= 4 is 23.2 Å². The van der Waals surface area contributed by atoms with Gasteiger partial charge in [0.05, 0.1) is 4.92 Å². The van der Waals surface area contributed by atoms with Gasteiger partial charge in [-0.3, -0.25) is 14.9 Å². The molecule has 1 atom stereocenters. The van der Waals surface area contributed by atoms with Crippen molar-refractivity contribution in [1.82, 2.24) is 0 Å². The van der Waals surface area contributed by atoms with Gasteiger partial charge in [-0.15, -0.1) is 0 Å². The molecule has 1 aromatic carbocycles. The van der Waals surface area contributed by atoms with Gasteiger partial charge in [0, 0.05) is 30.4 Å². The molecule has 1 unspecified atom stereocenters. The van der Waals surface area contributed by atoms with E-state index in [1.165, 1.54) is 25.3 Å². The number of nitrogens with zero attached hydrogens (tertiary/aromatic N) is 1. The summed E-state index contributed by atoms with van der Waals surface area (Å²) < 4.78 is 4.80. The number of benzene rings is 1. The average Bonchev–Trinajstić information content (AvgIpc) is 2.26. The van der Waals surface area contributed by atoms with Gasteiger partial charge < -0.3 is 10.5 Å². The summed E-state index contributed by atoms with van der Waals surface area (Å²) in [5.41, 5.74) is 4.27. The standard InChI is InChI=1S/C9H9ClN2O4/c1-16-8(10)7-4-5(12(14)15)2-3-6(7)9(11)13/h2-4,8H,1H3,(H2,11,13). The Labute approximate surface area is 96.1 Å². The number of carbonyl (C=O) groups excluding carboxylic acids is 1. The summed E-state index contributed by atoms with van der Waals surface area (Å²) in [5, 5.41) is 10.6. The number of rotatable bonds is 4.